The smallest absolute Gasteiger partial charge is 0.232 e. The van der Waals surface area contributed by atoms with Crippen LogP contribution < -0.4 is 0 Å². The lowest BCUT2D eigenvalue weighted by atomic mass is 10.1. The minimum absolute atomic E-state index is 0.302. The third-order valence-corrected chi connectivity index (χ3v) is 2.15. The molecular formula is C10H8FN3O2. The van der Waals surface area contributed by atoms with Crippen LogP contribution in [0.4, 0.5) is 4.39 Å². The van der Waals surface area contributed by atoms with E-state index in [4.69, 9.17) is 0 Å². The average Bonchev–Trinajstić information content (AvgIpc) is 2.66. The van der Waals surface area contributed by atoms with Gasteiger partial charge in [0.1, 0.15) is 5.82 Å². The SMILES string of the molecule is O=[N+]([O-])Cc1cn[nH]c1-c1ccc(F)cc1. The highest BCUT2D eigenvalue weighted by Crippen LogP contribution is 2.21. The van der Waals surface area contributed by atoms with Crippen molar-refractivity contribution in [2.24, 2.45) is 0 Å². The normalized spacial score (nSPS) is 10.3. The maximum absolute atomic E-state index is 12.7. The fourth-order valence-corrected chi connectivity index (χ4v) is 1.44. The quantitative estimate of drug-likeness (QED) is 0.636. The first-order valence-electron chi connectivity index (χ1n) is 4.57. The van der Waals surface area contributed by atoms with Crippen LogP contribution in [0, 0.1) is 15.9 Å². The minimum atomic E-state index is -0.433. The van der Waals surface area contributed by atoms with Crippen molar-refractivity contribution in [3.63, 3.8) is 0 Å². The van der Waals surface area contributed by atoms with Gasteiger partial charge in [-0.3, -0.25) is 15.2 Å². The Kier molecular flexibility index (Phi) is 2.63. The van der Waals surface area contributed by atoms with Crippen LogP contribution in [-0.4, -0.2) is 15.1 Å². The van der Waals surface area contributed by atoms with Gasteiger partial charge < -0.3 is 0 Å². The monoisotopic (exact) mass is 221 g/mol. The molecule has 0 aliphatic heterocycles. The van der Waals surface area contributed by atoms with E-state index in [0.717, 1.165) is 0 Å². The second kappa shape index (κ2) is 4.09. The molecule has 16 heavy (non-hydrogen) atoms. The number of rotatable bonds is 3. The summed E-state index contributed by atoms with van der Waals surface area (Å²) in [6.07, 6.45) is 1.40. The van der Waals surface area contributed by atoms with E-state index in [-0.39, 0.29) is 12.4 Å². The van der Waals surface area contributed by atoms with E-state index >= 15 is 0 Å². The van der Waals surface area contributed by atoms with Gasteiger partial charge in [-0.05, 0) is 24.3 Å². The molecular weight excluding hydrogens is 213 g/mol. The zero-order valence-corrected chi connectivity index (χ0v) is 8.18. The van der Waals surface area contributed by atoms with Crippen LogP contribution in [0.15, 0.2) is 30.5 Å². The molecule has 2 aromatic rings. The summed E-state index contributed by atoms with van der Waals surface area (Å²) in [6.45, 7) is -0.302. The fourth-order valence-electron chi connectivity index (χ4n) is 1.44. The van der Waals surface area contributed by atoms with Gasteiger partial charge in [0.25, 0.3) is 0 Å². The third-order valence-electron chi connectivity index (χ3n) is 2.15. The van der Waals surface area contributed by atoms with Gasteiger partial charge in [0, 0.05) is 10.5 Å². The van der Waals surface area contributed by atoms with Gasteiger partial charge in [-0.15, -0.1) is 0 Å². The predicted octanol–water partition coefficient (Wildman–Crippen LogP) is 1.99. The number of aromatic amines is 1. The van der Waals surface area contributed by atoms with Gasteiger partial charge in [-0.1, -0.05) is 0 Å². The van der Waals surface area contributed by atoms with Crippen LogP contribution in [0.1, 0.15) is 5.56 Å². The molecule has 0 aliphatic rings. The van der Waals surface area contributed by atoms with E-state index in [9.17, 15) is 14.5 Å². The Morgan fingerprint density at radius 1 is 1.38 bits per heavy atom. The lowest BCUT2D eigenvalue weighted by Crippen LogP contribution is -1.98. The fraction of sp³-hybridized carbons (Fsp3) is 0.100. The molecule has 1 aromatic carbocycles. The number of nitrogens with zero attached hydrogens (tertiary/aromatic N) is 2. The van der Waals surface area contributed by atoms with E-state index in [1.54, 1.807) is 12.1 Å². The number of nitro groups is 1. The number of H-pyrrole nitrogens is 1. The molecule has 82 valence electrons. The molecule has 0 saturated heterocycles. The van der Waals surface area contributed by atoms with E-state index in [0.29, 0.717) is 16.8 Å². The van der Waals surface area contributed by atoms with Crippen molar-refractivity contribution < 1.29 is 9.31 Å². The number of aromatic nitrogens is 2. The first-order chi connectivity index (χ1) is 7.66. The minimum Gasteiger partial charge on any atom is -0.277 e. The summed E-state index contributed by atoms with van der Waals surface area (Å²) in [5.74, 6) is -0.348. The first-order valence-corrected chi connectivity index (χ1v) is 4.57. The molecule has 2 rings (SSSR count). The van der Waals surface area contributed by atoms with Gasteiger partial charge in [0.2, 0.25) is 6.54 Å². The first kappa shape index (κ1) is 10.3. The molecule has 0 amide bonds. The molecule has 1 N–H and O–H groups in total. The van der Waals surface area contributed by atoms with Gasteiger partial charge in [-0.2, -0.15) is 5.10 Å². The van der Waals surface area contributed by atoms with Gasteiger partial charge in [0.15, 0.2) is 0 Å². The average molecular weight is 221 g/mol. The Morgan fingerprint density at radius 3 is 2.69 bits per heavy atom. The zero-order valence-electron chi connectivity index (χ0n) is 8.18. The Hall–Kier alpha value is -2.24. The van der Waals surface area contributed by atoms with Crippen LogP contribution in [-0.2, 0) is 6.54 Å². The second-order valence-corrected chi connectivity index (χ2v) is 3.27. The van der Waals surface area contributed by atoms with Crippen LogP contribution in [0.25, 0.3) is 11.3 Å². The van der Waals surface area contributed by atoms with Crippen LogP contribution in [0.5, 0.6) is 0 Å². The number of nitrogens with one attached hydrogen (secondary N) is 1. The molecule has 5 nitrogen and oxygen atoms in total. The number of benzene rings is 1. The second-order valence-electron chi connectivity index (χ2n) is 3.27. The third kappa shape index (κ3) is 2.05. The molecule has 1 aromatic heterocycles. The summed E-state index contributed by atoms with van der Waals surface area (Å²) in [5.41, 5.74) is 1.71. The number of halogens is 1. The molecule has 0 atom stereocenters. The summed E-state index contributed by atoms with van der Waals surface area (Å²) in [7, 11) is 0. The number of hydrogen-bond acceptors (Lipinski definition) is 3. The van der Waals surface area contributed by atoms with Crippen molar-refractivity contribution in [1.29, 1.82) is 0 Å². The Morgan fingerprint density at radius 2 is 2.06 bits per heavy atom. The lowest BCUT2D eigenvalue weighted by molar-refractivity contribution is -0.496. The van der Waals surface area contributed by atoms with Crippen molar-refractivity contribution in [2.45, 2.75) is 6.54 Å². The number of hydrogen-bond donors (Lipinski definition) is 1. The summed E-state index contributed by atoms with van der Waals surface area (Å²) >= 11 is 0. The molecule has 1 heterocycles. The highest BCUT2D eigenvalue weighted by Gasteiger charge is 2.12. The topological polar surface area (TPSA) is 71.8 Å². The van der Waals surface area contributed by atoms with Crippen LogP contribution >= 0.6 is 0 Å². The molecule has 0 radical (unpaired) electrons. The Balaban J connectivity index is 2.36. The van der Waals surface area contributed by atoms with Crippen molar-refractivity contribution in [3.05, 3.63) is 52.0 Å². The summed E-state index contributed by atoms with van der Waals surface area (Å²) in [4.78, 5) is 9.98. The molecule has 0 unspecified atom stereocenters. The van der Waals surface area contributed by atoms with Crippen molar-refractivity contribution in [2.75, 3.05) is 0 Å². The Bertz CT molecular complexity index is 507. The van der Waals surface area contributed by atoms with Crippen molar-refractivity contribution >= 4 is 0 Å². The largest absolute Gasteiger partial charge is 0.277 e. The van der Waals surface area contributed by atoms with Gasteiger partial charge in [-0.25, -0.2) is 4.39 Å². The summed E-state index contributed by atoms with van der Waals surface area (Å²) in [6, 6.07) is 5.69. The molecule has 0 spiro atoms. The molecule has 0 aliphatic carbocycles. The Labute approximate surface area is 90.1 Å². The van der Waals surface area contributed by atoms with E-state index < -0.39 is 4.92 Å². The van der Waals surface area contributed by atoms with E-state index in [1.165, 1.54) is 18.3 Å². The zero-order chi connectivity index (χ0) is 11.5. The van der Waals surface area contributed by atoms with Crippen LogP contribution in [0.3, 0.4) is 0 Å². The maximum atomic E-state index is 12.7. The summed E-state index contributed by atoms with van der Waals surface area (Å²) in [5, 5.41) is 16.8. The van der Waals surface area contributed by atoms with Crippen molar-refractivity contribution in [3.8, 4) is 11.3 Å². The van der Waals surface area contributed by atoms with Gasteiger partial charge in [0.05, 0.1) is 17.5 Å². The highest BCUT2D eigenvalue weighted by molar-refractivity contribution is 5.62. The van der Waals surface area contributed by atoms with Crippen LogP contribution in [0.2, 0.25) is 0 Å². The van der Waals surface area contributed by atoms with E-state index in [1.807, 2.05) is 0 Å². The predicted molar refractivity (Wildman–Crippen MR) is 54.7 cm³/mol. The molecule has 0 fully saturated rings. The summed E-state index contributed by atoms with van der Waals surface area (Å²) < 4.78 is 12.7. The molecule has 0 bridgehead atoms. The highest BCUT2D eigenvalue weighted by atomic mass is 19.1. The van der Waals surface area contributed by atoms with Gasteiger partial charge >= 0.3 is 0 Å². The van der Waals surface area contributed by atoms with Crippen molar-refractivity contribution in [1.82, 2.24) is 10.2 Å². The maximum Gasteiger partial charge on any atom is 0.232 e. The molecule has 6 heteroatoms. The van der Waals surface area contributed by atoms with E-state index in [2.05, 4.69) is 10.2 Å². The molecule has 0 saturated carbocycles. The lowest BCUT2D eigenvalue weighted by Gasteiger charge is -1.99. The standard InChI is InChI=1S/C10H8FN3O2/c11-9-3-1-7(2-4-9)10-8(5-12-13-10)6-14(15)16/h1-5H,6H2,(H,12,13).